The second-order valence-corrected chi connectivity index (χ2v) is 6.48. The number of anilines is 2. The van der Waals surface area contributed by atoms with E-state index in [1.807, 2.05) is 0 Å². The van der Waals surface area contributed by atoms with Crippen LogP contribution in [0.3, 0.4) is 0 Å². The molecule has 0 atom stereocenters. The van der Waals surface area contributed by atoms with E-state index in [4.69, 9.17) is 17.3 Å². The van der Waals surface area contributed by atoms with Gasteiger partial charge in [-0.2, -0.15) is 0 Å². The Morgan fingerprint density at radius 1 is 1.48 bits per heavy atom. The Kier molecular flexibility index (Phi) is 5.48. The summed E-state index contributed by atoms with van der Waals surface area (Å²) in [6, 6.07) is 5.58. The van der Waals surface area contributed by atoms with Gasteiger partial charge in [-0.1, -0.05) is 11.6 Å². The molecule has 1 aliphatic carbocycles. The monoisotopic (exact) mass is 309 g/mol. The first-order chi connectivity index (χ1) is 9.95. The largest absolute Gasteiger partial charge is 0.399 e. The van der Waals surface area contributed by atoms with E-state index in [-0.39, 0.29) is 5.91 Å². The van der Waals surface area contributed by atoms with Crippen molar-refractivity contribution in [3.8, 4) is 0 Å². The van der Waals surface area contributed by atoms with E-state index in [9.17, 15) is 4.79 Å². The summed E-state index contributed by atoms with van der Waals surface area (Å²) in [5.41, 5.74) is 6.85. The second kappa shape index (κ2) is 7.14. The summed E-state index contributed by atoms with van der Waals surface area (Å²) in [4.78, 5) is 14.4. The topological polar surface area (TPSA) is 58.4 Å². The average Bonchev–Trinajstić information content (AvgIpc) is 3.21. The first-order valence-corrected chi connectivity index (χ1v) is 7.92. The first kappa shape index (κ1) is 16.1. The molecule has 4 nitrogen and oxygen atoms in total. The average molecular weight is 310 g/mol. The predicted octanol–water partition coefficient (Wildman–Crippen LogP) is 3.37. The molecule has 1 aliphatic rings. The summed E-state index contributed by atoms with van der Waals surface area (Å²) >= 11 is 6.06. The minimum atomic E-state index is -0.0110. The number of nitrogens with one attached hydrogen (secondary N) is 1. The number of carbonyl (C=O) groups excluding carboxylic acids is 1. The van der Waals surface area contributed by atoms with Crippen molar-refractivity contribution in [3.63, 3.8) is 0 Å². The van der Waals surface area contributed by atoms with Gasteiger partial charge in [-0.15, -0.1) is 0 Å². The minimum Gasteiger partial charge on any atom is -0.399 e. The van der Waals surface area contributed by atoms with Crippen LogP contribution in [0.25, 0.3) is 0 Å². The van der Waals surface area contributed by atoms with Crippen LogP contribution >= 0.6 is 11.6 Å². The highest BCUT2D eigenvalue weighted by Gasteiger charge is 2.25. The molecular weight excluding hydrogens is 286 g/mol. The molecule has 116 valence electrons. The number of nitrogen functional groups attached to an aromatic ring is 1. The van der Waals surface area contributed by atoms with Crippen molar-refractivity contribution in [2.75, 3.05) is 24.1 Å². The van der Waals surface area contributed by atoms with Gasteiger partial charge in [0.25, 0.3) is 0 Å². The molecule has 0 radical (unpaired) electrons. The molecule has 3 N–H and O–H groups in total. The molecule has 1 aromatic rings. The summed E-state index contributed by atoms with van der Waals surface area (Å²) in [5.74, 6) is 0.824. The molecule has 0 saturated heterocycles. The molecule has 2 rings (SSSR count). The lowest BCUT2D eigenvalue weighted by Crippen LogP contribution is -2.35. The molecule has 0 aliphatic heterocycles. The summed E-state index contributed by atoms with van der Waals surface area (Å²) < 4.78 is 0. The summed E-state index contributed by atoms with van der Waals surface area (Å²) in [6.07, 6.45) is 3.14. The van der Waals surface area contributed by atoms with Crippen LogP contribution in [0.15, 0.2) is 18.2 Å². The summed E-state index contributed by atoms with van der Waals surface area (Å²) in [5, 5.41) is 3.32. The zero-order chi connectivity index (χ0) is 15.4. The minimum absolute atomic E-state index is 0.0110. The van der Waals surface area contributed by atoms with E-state index >= 15 is 0 Å². The zero-order valence-electron chi connectivity index (χ0n) is 12.7. The third-order valence-corrected chi connectivity index (χ3v) is 4.13. The van der Waals surface area contributed by atoms with Gasteiger partial charge in [0, 0.05) is 31.2 Å². The highest BCUT2D eigenvalue weighted by molar-refractivity contribution is 6.34. The molecule has 1 saturated carbocycles. The van der Waals surface area contributed by atoms with Crippen LogP contribution in [0.1, 0.15) is 33.1 Å². The fraction of sp³-hybridized carbons (Fsp3) is 0.562. The van der Waals surface area contributed by atoms with Crippen LogP contribution in [-0.2, 0) is 4.79 Å². The van der Waals surface area contributed by atoms with E-state index in [2.05, 4.69) is 24.1 Å². The standard InChI is InChI=1S/C16H24ClN3O/c1-11(2)20(10-12-3-4-12)8-7-16(21)19-15-6-5-13(18)9-14(15)17/h5-6,9,11-12H,3-4,7-8,10,18H2,1-2H3,(H,19,21). The van der Waals surface area contributed by atoms with Crippen LogP contribution < -0.4 is 11.1 Å². The molecule has 0 aromatic heterocycles. The number of nitrogens with two attached hydrogens (primary N) is 1. The Morgan fingerprint density at radius 2 is 2.19 bits per heavy atom. The summed E-state index contributed by atoms with van der Waals surface area (Å²) in [7, 11) is 0. The predicted molar refractivity (Wildman–Crippen MR) is 88.5 cm³/mol. The molecule has 0 unspecified atom stereocenters. The van der Waals surface area contributed by atoms with Gasteiger partial charge in [0.15, 0.2) is 0 Å². The van der Waals surface area contributed by atoms with Crippen LogP contribution in [0.4, 0.5) is 11.4 Å². The van der Waals surface area contributed by atoms with E-state index in [0.29, 0.717) is 28.9 Å². The number of nitrogens with zero attached hydrogens (tertiary/aromatic N) is 1. The van der Waals surface area contributed by atoms with Crippen molar-refractivity contribution >= 4 is 28.9 Å². The maximum atomic E-state index is 12.1. The lowest BCUT2D eigenvalue weighted by Gasteiger charge is -2.26. The van der Waals surface area contributed by atoms with Gasteiger partial charge in [-0.05, 0) is 50.8 Å². The first-order valence-electron chi connectivity index (χ1n) is 7.54. The van der Waals surface area contributed by atoms with Crippen molar-refractivity contribution in [1.29, 1.82) is 0 Å². The van der Waals surface area contributed by atoms with Crippen LogP contribution in [-0.4, -0.2) is 29.9 Å². The number of benzene rings is 1. The lowest BCUT2D eigenvalue weighted by molar-refractivity contribution is -0.116. The Balaban J connectivity index is 1.82. The highest BCUT2D eigenvalue weighted by atomic mass is 35.5. The zero-order valence-corrected chi connectivity index (χ0v) is 13.5. The fourth-order valence-electron chi connectivity index (χ4n) is 2.28. The number of amides is 1. The molecule has 0 bridgehead atoms. The fourth-order valence-corrected chi connectivity index (χ4v) is 2.52. The van der Waals surface area contributed by atoms with E-state index in [1.54, 1.807) is 18.2 Å². The van der Waals surface area contributed by atoms with E-state index in [0.717, 1.165) is 19.0 Å². The number of halogens is 1. The van der Waals surface area contributed by atoms with Gasteiger partial charge >= 0.3 is 0 Å². The molecule has 21 heavy (non-hydrogen) atoms. The number of hydrogen-bond donors (Lipinski definition) is 2. The molecule has 1 aromatic carbocycles. The molecule has 1 fully saturated rings. The van der Waals surface area contributed by atoms with Crippen molar-refractivity contribution < 1.29 is 4.79 Å². The number of rotatable bonds is 7. The van der Waals surface area contributed by atoms with E-state index < -0.39 is 0 Å². The maximum absolute atomic E-state index is 12.1. The highest BCUT2D eigenvalue weighted by Crippen LogP contribution is 2.30. The normalized spacial score (nSPS) is 14.7. The molecule has 0 spiro atoms. The Bertz CT molecular complexity index is 500. The van der Waals surface area contributed by atoms with Crippen molar-refractivity contribution in [2.24, 2.45) is 5.92 Å². The Morgan fingerprint density at radius 3 is 2.76 bits per heavy atom. The van der Waals surface area contributed by atoms with Gasteiger partial charge < -0.3 is 16.0 Å². The van der Waals surface area contributed by atoms with Crippen LogP contribution in [0.2, 0.25) is 5.02 Å². The van der Waals surface area contributed by atoms with Gasteiger partial charge in [0.1, 0.15) is 0 Å². The third kappa shape index (κ3) is 5.21. The SMILES string of the molecule is CC(C)N(CCC(=O)Nc1ccc(N)cc1Cl)CC1CC1. The van der Waals surface area contributed by atoms with Crippen molar-refractivity contribution in [1.82, 2.24) is 4.90 Å². The molecule has 0 heterocycles. The third-order valence-electron chi connectivity index (χ3n) is 3.81. The second-order valence-electron chi connectivity index (χ2n) is 6.07. The number of hydrogen-bond acceptors (Lipinski definition) is 3. The van der Waals surface area contributed by atoms with Crippen LogP contribution in [0, 0.1) is 5.92 Å². The van der Waals surface area contributed by atoms with Gasteiger partial charge in [-0.25, -0.2) is 0 Å². The van der Waals surface area contributed by atoms with Gasteiger partial charge in [-0.3, -0.25) is 4.79 Å². The quantitative estimate of drug-likeness (QED) is 0.759. The van der Waals surface area contributed by atoms with Gasteiger partial charge in [0.2, 0.25) is 5.91 Å². The smallest absolute Gasteiger partial charge is 0.225 e. The summed E-state index contributed by atoms with van der Waals surface area (Å²) in [6.45, 7) is 6.24. The van der Waals surface area contributed by atoms with Crippen molar-refractivity contribution in [3.05, 3.63) is 23.2 Å². The Labute approximate surface area is 131 Å². The maximum Gasteiger partial charge on any atom is 0.225 e. The Hall–Kier alpha value is -1.26. The number of carbonyl (C=O) groups is 1. The molecule has 5 heteroatoms. The van der Waals surface area contributed by atoms with E-state index in [1.165, 1.54) is 12.8 Å². The van der Waals surface area contributed by atoms with Gasteiger partial charge in [0.05, 0.1) is 10.7 Å². The lowest BCUT2D eigenvalue weighted by atomic mass is 10.2. The molecule has 1 amide bonds. The van der Waals surface area contributed by atoms with Crippen molar-refractivity contribution in [2.45, 2.75) is 39.2 Å². The molecular formula is C16H24ClN3O. The van der Waals surface area contributed by atoms with Crippen LogP contribution in [0.5, 0.6) is 0 Å².